The predicted molar refractivity (Wildman–Crippen MR) is 92.8 cm³/mol. The second-order valence-corrected chi connectivity index (χ2v) is 6.27. The number of carbonyl (C=O) groups excluding carboxylic acids is 1. The fourth-order valence-corrected chi connectivity index (χ4v) is 3.22. The molecule has 1 fully saturated rings. The van der Waals surface area contributed by atoms with Crippen molar-refractivity contribution < 1.29 is 13.6 Å². The molecule has 1 N–H and O–H groups in total. The van der Waals surface area contributed by atoms with Gasteiger partial charge in [0.15, 0.2) is 11.6 Å². The molecule has 6 heteroatoms. The SMILES string of the molecule is CCC1CCCCN1C(=O)c1cncc(Nc2ccc(F)c(F)c2)c1. The van der Waals surface area contributed by atoms with Gasteiger partial charge in [0.2, 0.25) is 0 Å². The number of likely N-dealkylation sites (tertiary alicyclic amines) is 1. The normalized spacial score (nSPS) is 17.4. The highest BCUT2D eigenvalue weighted by atomic mass is 19.2. The van der Waals surface area contributed by atoms with Gasteiger partial charge < -0.3 is 10.2 Å². The van der Waals surface area contributed by atoms with E-state index in [1.54, 1.807) is 18.5 Å². The molecule has 1 aromatic heterocycles. The van der Waals surface area contributed by atoms with Gasteiger partial charge in [-0.05, 0) is 43.9 Å². The van der Waals surface area contributed by atoms with Gasteiger partial charge in [0, 0.05) is 30.5 Å². The van der Waals surface area contributed by atoms with Crippen molar-refractivity contribution >= 4 is 17.3 Å². The summed E-state index contributed by atoms with van der Waals surface area (Å²) < 4.78 is 26.3. The second kappa shape index (κ2) is 7.59. The number of rotatable bonds is 4. The van der Waals surface area contributed by atoms with E-state index in [1.165, 1.54) is 6.07 Å². The number of benzene rings is 1. The van der Waals surface area contributed by atoms with Gasteiger partial charge in [-0.2, -0.15) is 0 Å². The first-order valence-electron chi connectivity index (χ1n) is 8.56. The zero-order valence-electron chi connectivity index (χ0n) is 14.1. The Labute approximate surface area is 145 Å². The molecule has 1 aliphatic heterocycles. The van der Waals surface area contributed by atoms with Crippen molar-refractivity contribution in [1.29, 1.82) is 0 Å². The highest BCUT2D eigenvalue weighted by molar-refractivity contribution is 5.95. The summed E-state index contributed by atoms with van der Waals surface area (Å²) in [6.45, 7) is 2.85. The van der Waals surface area contributed by atoms with Crippen LogP contribution in [0.3, 0.4) is 0 Å². The summed E-state index contributed by atoms with van der Waals surface area (Å²) in [7, 11) is 0. The molecule has 1 amide bonds. The Hall–Kier alpha value is -2.50. The quantitative estimate of drug-likeness (QED) is 0.887. The lowest BCUT2D eigenvalue weighted by Crippen LogP contribution is -2.43. The zero-order valence-corrected chi connectivity index (χ0v) is 14.1. The molecule has 1 unspecified atom stereocenters. The van der Waals surface area contributed by atoms with Crippen LogP contribution in [0.5, 0.6) is 0 Å². The Bertz CT molecular complexity index is 766. The van der Waals surface area contributed by atoms with Gasteiger partial charge in [-0.25, -0.2) is 8.78 Å². The summed E-state index contributed by atoms with van der Waals surface area (Å²) in [5, 5.41) is 2.96. The molecule has 2 heterocycles. The Kier molecular flexibility index (Phi) is 5.26. The monoisotopic (exact) mass is 345 g/mol. The van der Waals surface area contributed by atoms with Gasteiger partial charge in [-0.1, -0.05) is 6.92 Å². The number of piperidine rings is 1. The van der Waals surface area contributed by atoms with E-state index in [2.05, 4.69) is 17.2 Å². The third kappa shape index (κ3) is 3.95. The average molecular weight is 345 g/mol. The van der Waals surface area contributed by atoms with Crippen LogP contribution in [-0.4, -0.2) is 28.4 Å². The van der Waals surface area contributed by atoms with Crippen molar-refractivity contribution in [3.63, 3.8) is 0 Å². The second-order valence-electron chi connectivity index (χ2n) is 6.27. The maximum absolute atomic E-state index is 13.3. The fourth-order valence-electron chi connectivity index (χ4n) is 3.22. The predicted octanol–water partition coefficient (Wildman–Crippen LogP) is 4.51. The van der Waals surface area contributed by atoms with E-state index in [1.807, 2.05) is 4.90 Å². The van der Waals surface area contributed by atoms with Gasteiger partial charge in [0.05, 0.1) is 17.4 Å². The van der Waals surface area contributed by atoms with Crippen LogP contribution in [-0.2, 0) is 0 Å². The fraction of sp³-hybridized carbons (Fsp3) is 0.368. The topological polar surface area (TPSA) is 45.2 Å². The average Bonchev–Trinajstić information content (AvgIpc) is 2.64. The minimum absolute atomic E-state index is 0.0343. The molecule has 1 aliphatic rings. The Morgan fingerprint density at radius 1 is 1.20 bits per heavy atom. The molecule has 1 saturated heterocycles. The molecular formula is C19H21F2N3O. The Morgan fingerprint density at radius 2 is 2.04 bits per heavy atom. The van der Waals surface area contributed by atoms with Crippen molar-refractivity contribution in [2.75, 3.05) is 11.9 Å². The summed E-state index contributed by atoms with van der Waals surface area (Å²) in [4.78, 5) is 18.8. The van der Waals surface area contributed by atoms with E-state index >= 15 is 0 Å². The number of amides is 1. The Morgan fingerprint density at radius 3 is 2.80 bits per heavy atom. The third-order valence-corrected chi connectivity index (χ3v) is 4.55. The minimum atomic E-state index is -0.927. The first-order valence-corrected chi connectivity index (χ1v) is 8.56. The molecule has 0 saturated carbocycles. The maximum Gasteiger partial charge on any atom is 0.255 e. The standard InChI is InChI=1S/C19H21F2N3O/c1-2-16-5-3-4-8-24(16)19(25)13-9-15(12-22-11-13)23-14-6-7-17(20)18(21)10-14/h6-7,9-12,16,23H,2-5,8H2,1H3. The molecule has 0 radical (unpaired) electrons. The zero-order chi connectivity index (χ0) is 17.8. The van der Waals surface area contributed by atoms with E-state index in [0.29, 0.717) is 16.9 Å². The minimum Gasteiger partial charge on any atom is -0.354 e. The molecule has 0 spiro atoms. The van der Waals surface area contributed by atoms with Crippen LogP contribution < -0.4 is 5.32 Å². The van der Waals surface area contributed by atoms with E-state index < -0.39 is 11.6 Å². The van der Waals surface area contributed by atoms with Crippen LogP contribution in [0.1, 0.15) is 43.0 Å². The van der Waals surface area contributed by atoms with Crippen LogP contribution in [0.25, 0.3) is 0 Å². The van der Waals surface area contributed by atoms with Crippen molar-refractivity contribution in [3.8, 4) is 0 Å². The molecule has 1 atom stereocenters. The highest BCUT2D eigenvalue weighted by Gasteiger charge is 2.26. The summed E-state index contributed by atoms with van der Waals surface area (Å²) in [6, 6.07) is 5.52. The van der Waals surface area contributed by atoms with Crippen LogP contribution in [0.4, 0.5) is 20.2 Å². The van der Waals surface area contributed by atoms with Crippen molar-refractivity contribution in [2.24, 2.45) is 0 Å². The Balaban J connectivity index is 1.78. The number of carbonyl (C=O) groups is 1. The third-order valence-electron chi connectivity index (χ3n) is 4.55. The van der Waals surface area contributed by atoms with Gasteiger partial charge in [-0.15, -0.1) is 0 Å². The molecule has 3 rings (SSSR count). The number of nitrogens with one attached hydrogen (secondary N) is 1. The number of pyridine rings is 1. The number of halogens is 2. The van der Waals surface area contributed by atoms with E-state index in [9.17, 15) is 13.6 Å². The van der Waals surface area contributed by atoms with Gasteiger partial charge >= 0.3 is 0 Å². The lowest BCUT2D eigenvalue weighted by Gasteiger charge is -2.35. The van der Waals surface area contributed by atoms with Crippen molar-refractivity contribution in [2.45, 2.75) is 38.6 Å². The maximum atomic E-state index is 13.3. The summed E-state index contributed by atoms with van der Waals surface area (Å²) in [6.07, 6.45) is 7.22. The first kappa shape index (κ1) is 17.3. The van der Waals surface area contributed by atoms with Gasteiger partial charge in [-0.3, -0.25) is 9.78 Å². The number of nitrogens with zero attached hydrogens (tertiary/aromatic N) is 2. The number of anilines is 2. The first-order chi connectivity index (χ1) is 12.1. The lowest BCUT2D eigenvalue weighted by atomic mass is 9.99. The van der Waals surface area contributed by atoms with Gasteiger partial charge in [0.25, 0.3) is 5.91 Å². The molecule has 1 aromatic carbocycles. The molecule has 2 aromatic rings. The summed E-state index contributed by atoms with van der Waals surface area (Å²) >= 11 is 0. The molecule has 4 nitrogen and oxygen atoms in total. The number of hydrogen-bond donors (Lipinski definition) is 1. The van der Waals surface area contributed by atoms with Crippen LogP contribution in [0.15, 0.2) is 36.7 Å². The van der Waals surface area contributed by atoms with Crippen LogP contribution in [0.2, 0.25) is 0 Å². The smallest absolute Gasteiger partial charge is 0.255 e. The molecule has 132 valence electrons. The van der Waals surface area contributed by atoms with E-state index in [0.717, 1.165) is 44.4 Å². The highest BCUT2D eigenvalue weighted by Crippen LogP contribution is 2.23. The van der Waals surface area contributed by atoms with E-state index in [4.69, 9.17) is 0 Å². The van der Waals surface area contributed by atoms with Crippen molar-refractivity contribution in [1.82, 2.24) is 9.88 Å². The van der Waals surface area contributed by atoms with Crippen molar-refractivity contribution in [3.05, 3.63) is 53.9 Å². The van der Waals surface area contributed by atoms with Gasteiger partial charge in [0.1, 0.15) is 0 Å². The molecular weight excluding hydrogens is 324 g/mol. The molecule has 25 heavy (non-hydrogen) atoms. The lowest BCUT2D eigenvalue weighted by molar-refractivity contribution is 0.0607. The summed E-state index contributed by atoms with van der Waals surface area (Å²) in [5.41, 5.74) is 1.45. The van der Waals surface area contributed by atoms with E-state index in [-0.39, 0.29) is 11.9 Å². The number of hydrogen-bond acceptors (Lipinski definition) is 3. The summed E-state index contributed by atoms with van der Waals surface area (Å²) in [5.74, 6) is -1.86. The van der Waals surface area contributed by atoms with Crippen LogP contribution >= 0.6 is 0 Å². The molecule has 0 aliphatic carbocycles. The number of aromatic nitrogens is 1. The largest absolute Gasteiger partial charge is 0.354 e. The molecule has 0 bridgehead atoms. The van der Waals surface area contributed by atoms with Crippen LogP contribution in [0, 0.1) is 11.6 Å².